The molecule has 0 fully saturated rings. The molecule has 2 rings (SSSR count). The third-order valence-corrected chi connectivity index (χ3v) is 4.74. The zero-order chi connectivity index (χ0) is 15.2. The molecule has 112 valence electrons. The summed E-state index contributed by atoms with van der Waals surface area (Å²) in [6.07, 6.45) is 1.11. The van der Waals surface area contributed by atoms with Gasteiger partial charge in [-0.25, -0.2) is 4.79 Å². The first-order chi connectivity index (χ1) is 10.2. The van der Waals surface area contributed by atoms with E-state index >= 15 is 0 Å². The van der Waals surface area contributed by atoms with E-state index in [1.54, 1.807) is 18.7 Å². The summed E-state index contributed by atoms with van der Waals surface area (Å²) in [5, 5.41) is 9.17. The Morgan fingerprint density at radius 1 is 1.29 bits per heavy atom. The highest BCUT2D eigenvalue weighted by molar-refractivity contribution is 7.99. The van der Waals surface area contributed by atoms with Crippen LogP contribution in [-0.4, -0.2) is 28.5 Å². The van der Waals surface area contributed by atoms with Gasteiger partial charge in [-0.3, -0.25) is 0 Å². The van der Waals surface area contributed by atoms with Crippen molar-refractivity contribution >= 4 is 28.6 Å². The summed E-state index contributed by atoms with van der Waals surface area (Å²) < 4.78 is 5.10. The first kappa shape index (κ1) is 15.8. The molecule has 4 nitrogen and oxygen atoms in total. The normalized spacial score (nSPS) is 12.3. The quantitative estimate of drug-likeness (QED) is 0.597. The molecule has 5 heteroatoms. The predicted molar refractivity (Wildman–Crippen MR) is 85.7 cm³/mol. The molecule has 0 bridgehead atoms. The molecule has 0 aliphatic rings. The summed E-state index contributed by atoms with van der Waals surface area (Å²) >= 11 is 1.66. The lowest BCUT2D eigenvalue weighted by atomic mass is 10.2. The first-order valence-corrected chi connectivity index (χ1v) is 8.21. The Balaban J connectivity index is 2.44. The molecule has 1 heterocycles. The first-order valence-electron chi connectivity index (χ1n) is 7.22. The number of hydrogen-bond donors (Lipinski definition) is 0. The summed E-state index contributed by atoms with van der Waals surface area (Å²) in [7, 11) is 0. The fraction of sp³-hybridized carbons (Fsp3) is 0.438. The topological polar surface area (TPSA) is 52.1 Å². The number of ether oxygens (including phenoxy) is 1. The van der Waals surface area contributed by atoms with E-state index in [0.717, 1.165) is 28.0 Å². The van der Waals surface area contributed by atoms with E-state index in [-0.39, 0.29) is 0 Å². The van der Waals surface area contributed by atoms with Crippen LogP contribution in [0.2, 0.25) is 0 Å². The van der Waals surface area contributed by atoms with Crippen molar-refractivity contribution in [2.45, 2.75) is 32.1 Å². The Kier molecular flexibility index (Phi) is 5.56. The van der Waals surface area contributed by atoms with Crippen LogP contribution < -0.4 is 0 Å². The Labute approximate surface area is 129 Å². The second kappa shape index (κ2) is 7.41. The molecule has 21 heavy (non-hydrogen) atoms. The van der Waals surface area contributed by atoms with Crippen LogP contribution in [0.15, 0.2) is 29.2 Å². The predicted octanol–water partition coefficient (Wildman–Crippen LogP) is 3.94. The van der Waals surface area contributed by atoms with Crippen molar-refractivity contribution in [1.29, 1.82) is 0 Å². The van der Waals surface area contributed by atoms with Crippen LogP contribution in [0.5, 0.6) is 0 Å². The van der Waals surface area contributed by atoms with Crippen molar-refractivity contribution in [2.24, 2.45) is 5.92 Å². The number of thioether (sulfide) groups is 1. The molecule has 0 spiro atoms. The number of benzene rings is 1. The van der Waals surface area contributed by atoms with Crippen LogP contribution in [0, 0.1) is 5.92 Å². The second-order valence-electron chi connectivity index (χ2n) is 4.94. The van der Waals surface area contributed by atoms with Gasteiger partial charge in [0.25, 0.3) is 0 Å². The summed E-state index contributed by atoms with van der Waals surface area (Å²) in [6.45, 7) is 6.50. The third kappa shape index (κ3) is 3.73. The van der Waals surface area contributed by atoms with Gasteiger partial charge in [0, 0.05) is 11.1 Å². The molecule has 1 aromatic heterocycles. The number of aromatic nitrogens is 2. The van der Waals surface area contributed by atoms with Gasteiger partial charge in [-0.05, 0) is 18.9 Å². The number of carbonyl (C=O) groups is 1. The van der Waals surface area contributed by atoms with Crippen LogP contribution in [0.4, 0.5) is 0 Å². The third-order valence-electron chi connectivity index (χ3n) is 3.30. The van der Waals surface area contributed by atoms with Gasteiger partial charge in [-0.1, -0.05) is 38.5 Å². The summed E-state index contributed by atoms with van der Waals surface area (Å²) in [5.74, 6) is 1.12. The molecule has 0 radical (unpaired) electrons. The van der Waals surface area contributed by atoms with E-state index < -0.39 is 5.97 Å². The molecule has 0 aliphatic heterocycles. The molecule has 0 amide bonds. The van der Waals surface area contributed by atoms with Crippen molar-refractivity contribution in [3.8, 4) is 0 Å². The molecule has 2 aromatic rings. The largest absolute Gasteiger partial charge is 0.461 e. The van der Waals surface area contributed by atoms with E-state index in [9.17, 15) is 4.79 Å². The maximum atomic E-state index is 12.1. The molecule has 0 saturated heterocycles. The van der Waals surface area contributed by atoms with Crippen molar-refractivity contribution < 1.29 is 9.53 Å². The Morgan fingerprint density at radius 2 is 2.05 bits per heavy atom. The zero-order valence-corrected chi connectivity index (χ0v) is 13.4. The summed E-state index contributed by atoms with van der Waals surface area (Å²) in [6, 6.07) is 7.76. The maximum Gasteiger partial charge on any atom is 0.360 e. The Morgan fingerprint density at radius 3 is 2.76 bits per heavy atom. The summed E-state index contributed by atoms with van der Waals surface area (Å²) in [5.41, 5.74) is 1.13. The maximum absolute atomic E-state index is 12.1. The van der Waals surface area contributed by atoms with Crippen molar-refractivity contribution in [3.05, 3.63) is 30.0 Å². The van der Waals surface area contributed by atoms with Crippen molar-refractivity contribution in [2.75, 3.05) is 12.4 Å². The minimum atomic E-state index is -0.401. The van der Waals surface area contributed by atoms with Crippen LogP contribution >= 0.6 is 11.8 Å². The fourth-order valence-corrected chi connectivity index (χ4v) is 3.13. The number of rotatable bonds is 6. The van der Waals surface area contributed by atoms with E-state index in [1.165, 1.54) is 0 Å². The van der Waals surface area contributed by atoms with Gasteiger partial charge in [0.2, 0.25) is 0 Å². The SMILES string of the molecule is CCOC(=O)c1nnc2ccccc2c1SCC(C)CC. The minimum absolute atomic E-state index is 0.323. The van der Waals surface area contributed by atoms with Gasteiger partial charge in [0.05, 0.1) is 17.0 Å². The van der Waals surface area contributed by atoms with Gasteiger partial charge in [-0.15, -0.1) is 22.0 Å². The number of carbonyl (C=O) groups excluding carboxylic acids is 1. The molecule has 0 aliphatic carbocycles. The molecule has 0 N–H and O–H groups in total. The lowest BCUT2D eigenvalue weighted by Gasteiger charge is -2.12. The van der Waals surface area contributed by atoms with E-state index in [4.69, 9.17) is 4.74 Å². The molecule has 1 aromatic carbocycles. The Bertz CT molecular complexity index is 631. The smallest absolute Gasteiger partial charge is 0.360 e. The number of fused-ring (bicyclic) bond motifs is 1. The monoisotopic (exact) mass is 304 g/mol. The molecule has 0 saturated carbocycles. The van der Waals surface area contributed by atoms with Gasteiger partial charge in [-0.2, -0.15) is 0 Å². The summed E-state index contributed by atoms with van der Waals surface area (Å²) in [4.78, 5) is 13.0. The van der Waals surface area contributed by atoms with Crippen molar-refractivity contribution in [1.82, 2.24) is 10.2 Å². The highest BCUT2D eigenvalue weighted by Gasteiger charge is 2.19. The number of esters is 1. The molecule has 1 unspecified atom stereocenters. The highest BCUT2D eigenvalue weighted by atomic mass is 32.2. The van der Waals surface area contributed by atoms with E-state index in [2.05, 4.69) is 24.0 Å². The lowest BCUT2D eigenvalue weighted by molar-refractivity contribution is 0.0514. The highest BCUT2D eigenvalue weighted by Crippen LogP contribution is 2.31. The average Bonchev–Trinajstić information content (AvgIpc) is 2.52. The van der Waals surface area contributed by atoms with Crippen LogP contribution in [0.25, 0.3) is 10.9 Å². The van der Waals surface area contributed by atoms with Gasteiger partial charge < -0.3 is 4.74 Å². The molecular formula is C16H20N2O2S. The number of nitrogens with zero attached hydrogens (tertiary/aromatic N) is 2. The van der Waals surface area contributed by atoms with Crippen LogP contribution in [-0.2, 0) is 4.74 Å². The van der Waals surface area contributed by atoms with E-state index in [1.807, 2.05) is 24.3 Å². The van der Waals surface area contributed by atoms with Crippen LogP contribution in [0.3, 0.4) is 0 Å². The van der Waals surface area contributed by atoms with Gasteiger partial charge >= 0.3 is 5.97 Å². The zero-order valence-electron chi connectivity index (χ0n) is 12.6. The standard InChI is InChI=1S/C16H20N2O2S/c1-4-11(3)10-21-15-12-8-6-7-9-13(12)17-18-14(15)16(19)20-5-2/h6-9,11H,4-5,10H2,1-3H3. The molecular weight excluding hydrogens is 284 g/mol. The molecule has 1 atom stereocenters. The van der Waals surface area contributed by atoms with Gasteiger partial charge in [0.1, 0.15) is 0 Å². The Hall–Kier alpha value is -1.62. The second-order valence-corrected chi connectivity index (χ2v) is 5.97. The average molecular weight is 304 g/mol. The minimum Gasteiger partial charge on any atom is -0.461 e. The lowest BCUT2D eigenvalue weighted by Crippen LogP contribution is -2.11. The van der Waals surface area contributed by atoms with Crippen LogP contribution in [0.1, 0.15) is 37.7 Å². The fourth-order valence-electron chi connectivity index (χ4n) is 1.85. The van der Waals surface area contributed by atoms with Crippen molar-refractivity contribution in [3.63, 3.8) is 0 Å². The number of hydrogen-bond acceptors (Lipinski definition) is 5. The van der Waals surface area contributed by atoms with E-state index in [0.29, 0.717) is 18.2 Å². The van der Waals surface area contributed by atoms with Gasteiger partial charge in [0.15, 0.2) is 5.69 Å².